The van der Waals surface area contributed by atoms with E-state index in [9.17, 15) is 13.2 Å². The molecule has 3 aromatic rings. The molecule has 2 aromatic heterocycles. The highest BCUT2D eigenvalue weighted by Gasteiger charge is 2.35. The fourth-order valence-electron chi connectivity index (χ4n) is 2.01. The molecule has 4 nitrogen and oxygen atoms in total. The Morgan fingerprint density at radius 2 is 1.95 bits per heavy atom. The van der Waals surface area contributed by atoms with Gasteiger partial charge < -0.3 is 4.74 Å². The van der Waals surface area contributed by atoms with Crippen LogP contribution in [0.15, 0.2) is 41.9 Å². The maximum atomic E-state index is 12.9. The molecule has 114 valence electrons. The summed E-state index contributed by atoms with van der Waals surface area (Å²) in [4.78, 5) is 4.24. The molecule has 8 heteroatoms. The number of benzene rings is 1. The van der Waals surface area contributed by atoms with Crippen LogP contribution in [0.5, 0.6) is 5.75 Å². The molecule has 0 radical (unpaired) electrons. The number of rotatable bonds is 3. The molecule has 2 heterocycles. The van der Waals surface area contributed by atoms with Gasteiger partial charge in [0.25, 0.3) is 0 Å². The van der Waals surface area contributed by atoms with Gasteiger partial charge in [-0.3, -0.25) is 0 Å². The molecular weight excluding hydrogens is 315 g/mol. The van der Waals surface area contributed by atoms with E-state index in [2.05, 4.69) is 10.1 Å². The monoisotopic (exact) mass is 325 g/mol. The van der Waals surface area contributed by atoms with Crippen LogP contribution in [-0.4, -0.2) is 21.9 Å². The van der Waals surface area contributed by atoms with Crippen molar-refractivity contribution in [2.75, 3.05) is 7.11 Å². The molecule has 0 saturated heterocycles. The summed E-state index contributed by atoms with van der Waals surface area (Å²) in [5, 5.41) is 5.54. The van der Waals surface area contributed by atoms with Gasteiger partial charge in [0.2, 0.25) is 5.13 Å². The maximum Gasteiger partial charge on any atom is 0.433 e. The lowest BCUT2D eigenvalue weighted by atomic mass is 10.1. The minimum atomic E-state index is -4.48. The van der Waals surface area contributed by atoms with Crippen molar-refractivity contribution in [1.82, 2.24) is 14.8 Å². The van der Waals surface area contributed by atoms with Gasteiger partial charge >= 0.3 is 6.18 Å². The second kappa shape index (κ2) is 5.45. The van der Waals surface area contributed by atoms with Crippen LogP contribution in [-0.2, 0) is 6.18 Å². The molecule has 0 unspecified atom stereocenters. The largest absolute Gasteiger partial charge is 0.496 e. The van der Waals surface area contributed by atoms with Crippen LogP contribution in [0, 0.1) is 0 Å². The van der Waals surface area contributed by atoms with E-state index in [1.54, 1.807) is 17.5 Å². The first-order valence-corrected chi connectivity index (χ1v) is 7.09. The lowest BCUT2D eigenvalue weighted by Gasteiger charge is -2.07. The van der Waals surface area contributed by atoms with Crippen LogP contribution >= 0.6 is 11.3 Å². The van der Waals surface area contributed by atoms with Gasteiger partial charge in [-0.15, -0.1) is 11.3 Å². The summed E-state index contributed by atoms with van der Waals surface area (Å²) in [6.45, 7) is 0. The van der Waals surface area contributed by atoms with E-state index in [-0.39, 0.29) is 5.13 Å². The molecule has 0 bridgehead atoms. The lowest BCUT2D eigenvalue weighted by molar-refractivity contribution is -0.142. The van der Waals surface area contributed by atoms with Gasteiger partial charge in [0.05, 0.1) is 19.0 Å². The van der Waals surface area contributed by atoms with Crippen LogP contribution in [0.25, 0.3) is 16.4 Å². The highest BCUT2D eigenvalue weighted by Crippen LogP contribution is 2.34. The second-order valence-electron chi connectivity index (χ2n) is 4.34. The zero-order valence-corrected chi connectivity index (χ0v) is 12.1. The summed E-state index contributed by atoms with van der Waals surface area (Å²) < 4.78 is 44.8. The summed E-state index contributed by atoms with van der Waals surface area (Å²) >= 11 is 1.09. The molecule has 1 aromatic carbocycles. The Hall–Kier alpha value is -2.35. The molecule has 0 saturated carbocycles. The second-order valence-corrected chi connectivity index (χ2v) is 5.18. The fourth-order valence-corrected chi connectivity index (χ4v) is 2.81. The number of thiazole rings is 1. The molecule has 3 rings (SSSR count). The van der Waals surface area contributed by atoms with Gasteiger partial charge in [-0.25, -0.2) is 9.67 Å². The molecule has 0 fully saturated rings. The Morgan fingerprint density at radius 3 is 2.68 bits per heavy atom. The first-order valence-electron chi connectivity index (χ1n) is 6.21. The molecule has 22 heavy (non-hydrogen) atoms. The average molecular weight is 325 g/mol. The molecule has 0 amide bonds. The smallest absolute Gasteiger partial charge is 0.433 e. The predicted octanol–water partition coefficient (Wildman–Crippen LogP) is 4.02. The van der Waals surface area contributed by atoms with Gasteiger partial charge in [-0.2, -0.15) is 18.3 Å². The fraction of sp³-hybridized carbons (Fsp3) is 0.143. The zero-order valence-electron chi connectivity index (χ0n) is 11.3. The van der Waals surface area contributed by atoms with Gasteiger partial charge in [0, 0.05) is 10.9 Å². The summed E-state index contributed by atoms with van der Waals surface area (Å²) in [7, 11) is 1.53. The van der Waals surface area contributed by atoms with Crippen molar-refractivity contribution in [1.29, 1.82) is 0 Å². The van der Waals surface area contributed by atoms with E-state index in [1.807, 2.05) is 12.1 Å². The van der Waals surface area contributed by atoms with Gasteiger partial charge in [-0.1, -0.05) is 12.1 Å². The average Bonchev–Trinajstić information content (AvgIpc) is 3.15. The minimum Gasteiger partial charge on any atom is -0.496 e. The normalized spacial score (nSPS) is 11.6. The van der Waals surface area contributed by atoms with Crippen molar-refractivity contribution in [2.45, 2.75) is 6.18 Å². The maximum absolute atomic E-state index is 12.9. The van der Waals surface area contributed by atoms with E-state index >= 15 is 0 Å². The summed E-state index contributed by atoms with van der Waals surface area (Å²) in [6.07, 6.45) is -3.38. The highest BCUT2D eigenvalue weighted by atomic mass is 32.1. The molecule has 0 aliphatic heterocycles. The Bertz CT molecular complexity index is 794. The Labute approximate surface area is 127 Å². The molecular formula is C14H10F3N3OS. The summed E-state index contributed by atoms with van der Waals surface area (Å²) in [5.74, 6) is 0.607. The third kappa shape index (κ3) is 2.57. The van der Waals surface area contributed by atoms with Crippen molar-refractivity contribution in [3.05, 3.63) is 47.6 Å². The number of nitrogens with zero attached hydrogens (tertiary/aromatic N) is 3. The quantitative estimate of drug-likeness (QED) is 0.730. The number of alkyl halides is 3. The van der Waals surface area contributed by atoms with E-state index in [1.165, 1.54) is 7.11 Å². The molecule has 0 N–H and O–H groups in total. The summed E-state index contributed by atoms with van der Waals surface area (Å²) in [5.41, 5.74) is 0.405. The van der Waals surface area contributed by atoms with Gasteiger partial charge in [-0.05, 0) is 18.2 Å². The van der Waals surface area contributed by atoms with Crippen molar-refractivity contribution in [2.24, 2.45) is 0 Å². The van der Waals surface area contributed by atoms with Crippen LogP contribution in [0.3, 0.4) is 0 Å². The number of ether oxygens (including phenoxy) is 1. The van der Waals surface area contributed by atoms with Gasteiger partial charge in [0.15, 0.2) is 5.69 Å². The topological polar surface area (TPSA) is 39.9 Å². The third-order valence-electron chi connectivity index (χ3n) is 2.99. The first-order chi connectivity index (χ1) is 10.5. The minimum absolute atomic E-state index is 0.151. The zero-order chi connectivity index (χ0) is 15.7. The third-order valence-corrected chi connectivity index (χ3v) is 3.81. The number of hydrogen-bond donors (Lipinski definition) is 0. The van der Waals surface area contributed by atoms with Gasteiger partial charge in [0.1, 0.15) is 5.75 Å². The number of methoxy groups -OCH3 is 1. The lowest BCUT2D eigenvalue weighted by Crippen LogP contribution is -2.13. The standard InChI is InChI=1S/C14H10F3N3OS/c1-21-11-5-3-2-4-9(11)10-8-22-13(19-10)20-12(6-7-18-20)14(15,16)17/h2-8H,1H3. The van der Waals surface area contributed by atoms with E-state index in [0.717, 1.165) is 28.3 Å². The summed E-state index contributed by atoms with van der Waals surface area (Å²) in [6, 6.07) is 8.11. The number of halogens is 3. The van der Waals surface area contributed by atoms with E-state index < -0.39 is 11.9 Å². The molecule has 0 aliphatic rings. The Morgan fingerprint density at radius 1 is 1.18 bits per heavy atom. The highest BCUT2D eigenvalue weighted by molar-refractivity contribution is 7.12. The SMILES string of the molecule is COc1ccccc1-c1csc(-n2nccc2C(F)(F)F)n1. The van der Waals surface area contributed by atoms with Crippen LogP contribution in [0.4, 0.5) is 13.2 Å². The van der Waals surface area contributed by atoms with E-state index in [0.29, 0.717) is 17.0 Å². The number of para-hydroxylation sites is 1. The van der Waals surface area contributed by atoms with Crippen molar-refractivity contribution < 1.29 is 17.9 Å². The molecule has 0 aliphatic carbocycles. The van der Waals surface area contributed by atoms with Crippen LogP contribution < -0.4 is 4.74 Å². The first kappa shape index (κ1) is 14.6. The van der Waals surface area contributed by atoms with Crippen molar-refractivity contribution in [3.63, 3.8) is 0 Å². The predicted molar refractivity (Wildman–Crippen MR) is 76.2 cm³/mol. The van der Waals surface area contributed by atoms with E-state index in [4.69, 9.17) is 4.74 Å². The Balaban J connectivity index is 2.04. The van der Waals surface area contributed by atoms with Crippen molar-refractivity contribution in [3.8, 4) is 22.1 Å². The number of aromatic nitrogens is 3. The van der Waals surface area contributed by atoms with Crippen molar-refractivity contribution >= 4 is 11.3 Å². The van der Waals surface area contributed by atoms with Crippen LogP contribution in [0.1, 0.15) is 5.69 Å². The van der Waals surface area contributed by atoms with Crippen LogP contribution in [0.2, 0.25) is 0 Å². The molecule has 0 spiro atoms. The number of hydrogen-bond acceptors (Lipinski definition) is 4. The Kier molecular flexibility index (Phi) is 3.61. The molecule has 0 atom stereocenters.